The molecule has 2 aliphatic rings. The second-order valence-electron chi connectivity index (χ2n) is 6.53. The number of methoxy groups -OCH3 is 1. The number of amides is 2. The van der Waals surface area contributed by atoms with Crippen LogP contribution in [0.5, 0.6) is 0 Å². The van der Waals surface area contributed by atoms with Gasteiger partial charge in [-0.3, -0.25) is 9.59 Å². The van der Waals surface area contributed by atoms with Crippen LogP contribution in [0.15, 0.2) is 24.3 Å². The zero-order valence-corrected chi connectivity index (χ0v) is 14.2. The number of hydrogen-bond donors (Lipinski definition) is 0. The lowest BCUT2D eigenvalue weighted by atomic mass is 9.81. The van der Waals surface area contributed by atoms with E-state index < -0.39 is 17.6 Å². The van der Waals surface area contributed by atoms with Gasteiger partial charge in [-0.05, 0) is 24.5 Å². The molecule has 2 heterocycles. The number of fused-ring (bicyclic) bond motifs is 1. The van der Waals surface area contributed by atoms with Crippen molar-refractivity contribution >= 4 is 17.8 Å². The van der Waals surface area contributed by atoms with Crippen LogP contribution in [0.4, 0.5) is 0 Å². The topological polar surface area (TPSA) is 66.9 Å². The van der Waals surface area contributed by atoms with Crippen molar-refractivity contribution in [2.24, 2.45) is 0 Å². The van der Waals surface area contributed by atoms with E-state index in [0.29, 0.717) is 25.9 Å². The minimum absolute atomic E-state index is 0.120. The van der Waals surface area contributed by atoms with Gasteiger partial charge >= 0.3 is 5.97 Å². The Kier molecular flexibility index (Phi) is 4.07. The van der Waals surface area contributed by atoms with Gasteiger partial charge in [-0.1, -0.05) is 24.3 Å². The molecule has 0 unspecified atom stereocenters. The van der Waals surface area contributed by atoms with Crippen LogP contribution in [0.3, 0.4) is 0 Å². The third-order valence-electron chi connectivity index (χ3n) is 5.26. The molecule has 0 aromatic heterocycles. The first-order valence-corrected chi connectivity index (χ1v) is 8.14. The number of ether oxygens (including phenoxy) is 1. The molecule has 3 rings (SSSR count). The first-order valence-electron chi connectivity index (χ1n) is 8.14. The van der Waals surface area contributed by atoms with Crippen molar-refractivity contribution in [3.63, 3.8) is 0 Å². The molecule has 1 spiro atoms. The summed E-state index contributed by atoms with van der Waals surface area (Å²) in [6, 6.07) is 7.25. The highest BCUT2D eigenvalue weighted by Crippen LogP contribution is 2.39. The van der Waals surface area contributed by atoms with Crippen LogP contribution >= 0.6 is 0 Å². The van der Waals surface area contributed by atoms with Crippen LogP contribution in [0, 0.1) is 0 Å². The first kappa shape index (κ1) is 16.5. The molecule has 2 amide bonds. The zero-order valence-electron chi connectivity index (χ0n) is 14.2. The van der Waals surface area contributed by atoms with Crippen LogP contribution in [0.2, 0.25) is 0 Å². The van der Waals surface area contributed by atoms with Crippen molar-refractivity contribution in [1.29, 1.82) is 0 Å². The second kappa shape index (κ2) is 5.92. The average Bonchev–Trinajstić information content (AvgIpc) is 2.89. The minimum atomic E-state index is -0.886. The molecule has 6 nitrogen and oxygen atoms in total. The Morgan fingerprint density at radius 2 is 1.92 bits per heavy atom. The molecule has 0 N–H and O–H groups in total. The van der Waals surface area contributed by atoms with E-state index in [0.717, 1.165) is 11.1 Å². The number of benzene rings is 1. The van der Waals surface area contributed by atoms with Crippen molar-refractivity contribution < 1.29 is 19.1 Å². The van der Waals surface area contributed by atoms with Crippen LogP contribution in [-0.2, 0) is 32.1 Å². The largest absolute Gasteiger partial charge is 0.467 e. The fourth-order valence-electron chi connectivity index (χ4n) is 3.89. The molecule has 2 atom stereocenters. The third-order valence-corrected chi connectivity index (χ3v) is 5.26. The fraction of sp³-hybridized carbons (Fsp3) is 0.500. The number of rotatable bonds is 2. The van der Waals surface area contributed by atoms with Gasteiger partial charge in [0.1, 0.15) is 11.6 Å². The van der Waals surface area contributed by atoms with E-state index in [1.807, 2.05) is 24.3 Å². The fourth-order valence-corrected chi connectivity index (χ4v) is 3.89. The Hall–Kier alpha value is -2.37. The van der Waals surface area contributed by atoms with Gasteiger partial charge in [-0.15, -0.1) is 0 Å². The van der Waals surface area contributed by atoms with E-state index in [1.165, 1.54) is 18.9 Å². The van der Waals surface area contributed by atoms with Crippen LogP contribution in [-0.4, -0.2) is 52.8 Å². The molecule has 1 aromatic rings. The Morgan fingerprint density at radius 1 is 1.25 bits per heavy atom. The van der Waals surface area contributed by atoms with Crippen LogP contribution < -0.4 is 0 Å². The first-order chi connectivity index (χ1) is 11.4. The lowest BCUT2D eigenvalue weighted by Crippen LogP contribution is -2.60. The molecule has 0 radical (unpaired) electrons. The molecule has 1 fully saturated rings. The highest BCUT2D eigenvalue weighted by atomic mass is 16.5. The van der Waals surface area contributed by atoms with Crippen molar-refractivity contribution in [3.8, 4) is 0 Å². The standard InChI is InChI=1S/C18H22N2O4/c1-12(16(22)24-3)19-9-8-18(17(19)23)10-14-6-4-5-7-15(14)11-20(18)13(2)21/h4-7,12H,8-11H2,1-3H3/t12-,18+/m0/s1. The quantitative estimate of drug-likeness (QED) is 0.762. The summed E-state index contributed by atoms with van der Waals surface area (Å²) >= 11 is 0. The normalized spacial score (nSPS) is 24.0. The average molecular weight is 330 g/mol. The molecular formula is C18H22N2O4. The lowest BCUT2D eigenvalue weighted by molar-refractivity contribution is -0.156. The Balaban J connectivity index is 1.98. The van der Waals surface area contributed by atoms with Gasteiger partial charge in [0, 0.05) is 26.4 Å². The van der Waals surface area contributed by atoms with E-state index >= 15 is 0 Å². The number of esters is 1. The summed E-state index contributed by atoms with van der Waals surface area (Å²) in [5, 5.41) is 0. The molecule has 1 saturated heterocycles. The van der Waals surface area contributed by atoms with Gasteiger partial charge in [0.2, 0.25) is 11.8 Å². The summed E-state index contributed by atoms with van der Waals surface area (Å²) in [4.78, 5) is 40.5. The van der Waals surface area contributed by atoms with E-state index in [-0.39, 0.29) is 11.8 Å². The smallest absolute Gasteiger partial charge is 0.328 e. The number of carbonyl (C=O) groups excluding carboxylic acids is 3. The van der Waals surface area contributed by atoms with Gasteiger partial charge < -0.3 is 14.5 Å². The highest BCUT2D eigenvalue weighted by Gasteiger charge is 2.55. The molecular weight excluding hydrogens is 308 g/mol. The second-order valence-corrected chi connectivity index (χ2v) is 6.53. The van der Waals surface area contributed by atoms with Crippen molar-refractivity contribution in [3.05, 3.63) is 35.4 Å². The summed E-state index contributed by atoms with van der Waals surface area (Å²) in [6.07, 6.45) is 1.02. The molecule has 0 saturated carbocycles. The molecule has 0 bridgehead atoms. The van der Waals surface area contributed by atoms with Gasteiger partial charge in [0.05, 0.1) is 7.11 Å². The summed E-state index contributed by atoms with van der Waals surface area (Å²) in [6.45, 7) is 4.03. The van der Waals surface area contributed by atoms with Crippen LogP contribution in [0.25, 0.3) is 0 Å². The predicted octanol–water partition coefficient (Wildman–Crippen LogP) is 1.12. The Labute approximate surface area is 141 Å². The maximum absolute atomic E-state index is 13.2. The molecule has 0 aliphatic carbocycles. The number of carbonyl (C=O) groups is 3. The Morgan fingerprint density at radius 3 is 2.54 bits per heavy atom. The minimum Gasteiger partial charge on any atom is -0.467 e. The summed E-state index contributed by atoms with van der Waals surface area (Å²) in [7, 11) is 1.31. The van der Waals surface area contributed by atoms with Crippen molar-refractivity contribution in [1.82, 2.24) is 9.80 Å². The summed E-state index contributed by atoms with van der Waals surface area (Å²) < 4.78 is 4.77. The number of likely N-dealkylation sites (tertiary alicyclic amines) is 1. The monoisotopic (exact) mass is 330 g/mol. The summed E-state index contributed by atoms with van der Waals surface area (Å²) in [5.74, 6) is -0.721. The van der Waals surface area contributed by atoms with E-state index in [9.17, 15) is 14.4 Å². The molecule has 2 aliphatic heterocycles. The maximum Gasteiger partial charge on any atom is 0.328 e. The zero-order chi connectivity index (χ0) is 17.5. The summed E-state index contributed by atoms with van der Waals surface area (Å²) in [5.41, 5.74) is 1.28. The molecule has 24 heavy (non-hydrogen) atoms. The van der Waals surface area contributed by atoms with Gasteiger partial charge in [-0.2, -0.15) is 0 Å². The SMILES string of the molecule is COC(=O)[C@H](C)N1CC[C@@]2(Cc3ccccc3CN2C(C)=O)C1=O. The Bertz CT molecular complexity index is 702. The van der Waals surface area contributed by atoms with E-state index in [1.54, 1.807) is 11.8 Å². The van der Waals surface area contributed by atoms with Gasteiger partial charge in [0.15, 0.2) is 0 Å². The molecule has 1 aromatic carbocycles. The van der Waals surface area contributed by atoms with E-state index in [4.69, 9.17) is 4.74 Å². The predicted molar refractivity (Wildman–Crippen MR) is 86.9 cm³/mol. The van der Waals surface area contributed by atoms with Gasteiger partial charge in [0.25, 0.3) is 0 Å². The van der Waals surface area contributed by atoms with Crippen LogP contribution in [0.1, 0.15) is 31.4 Å². The maximum atomic E-state index is 13.2. The lowest BCUT2D eigenvalue weighted by Gasteiger charge is -2.43. The third kappa shape index (κ3) is 2.37. The highest BCUT2D eigenvalue weighted by molar-refractivity contribution is 5.96. The van der Waals surface area contributed by atoms with E-state index in [2.05, 4.69) is 0 Å². The number of hydrogen-bond acceptors (Lipinski definition) is 4. The number of nitrogens with zero attached hydrogens (tertiary/aromatic N) is 2. The van der Waals surface area contributed by atoms with Gasteiger partial charge in [-0.25, -0.2) is 4.79 Å². The molecule has 6 heteroatoms. The van der Waals surface area contributed by atoms with Crippen molar-refractivity contribution in [2.45, 2.75) is 44.8 Å². The molecule has 128 valence electrons. The van der Waals surface area contributed by atoms with Crippen molar-refractivity contribution in [2.75, 3.05) is 13.7 Å².